The minimum Gasteiger partial charge on any atom is -0.373 e. The molecule has 114 valence electrons. The van der Waals surface area contributed by atoms with Gasteiger partial charge in [-0.05, 0) is 43.2 Å². The summed E-state index contributed by atoms with van der Waals surface area (Å²) in [5, 5.41) is 2.98. The number of rotatable bonds is 2. The molecule has 0 atom stereocenters. The number of likely N-dealkylation sites (tertiary alicyclic amines) is 1. The Morgan fingerprint density at radius 2 is 1.86 bits per heavy atom. The quantitative estimate of drug-likeness (QED) is 0.907. The van der Waals surface area contributed by atoms with Gasteiger partial charge in [0.25, 0.3) is 5.91 Å². The smallest absolute Gasteiger partial charge is 0.255 e. The first-order chi connectivity index (χ1) is 10.2. The summed E-state index contributed by atoms with van der Waals surface area (Å²) in [6.07, 6.45) is 10.9. The van der Waals surface area contributed by atoms with Crippen molar-refractivity contribution in [1.29, 1.82) is 0 Å². The number of hydrogen-bond donors (Lipinski definition) is 1. The summed E-state index contributed by atoms with van der Waals surface area (Å²) in [5.41, 5.74) is 1.25. The van der Waals surface area contributed by atoms with Gasteiger partial charge in [-0.2, -0.15) is 0 Å². The van der Waals surface area contributed by atoms with Crippen LogP contribution in [0.15, 0.2) is 18.3 Å². The van der Waals surface area contributed by atoms with Crippen LogP contribution in [0.1, 0.15) is 55.3 Å². The third-order valence-corrected chi connectivity index (χ3v) is 5.29. The monoisotopic (exact) mass is 287 g/mol. The standard InChI is InChI=1S/C17H25N3O/c1-18-15-6-5-14(13-19-15)16(21)20-11-9-17(10-12-20)7-3-2-4-8-17/h5-6,13H,2-4,7-12H2,1H3,(H,18,19). The Bertz CT molecular complexity index is 481. The van der Waals surface area contributed by atoms with Crippen LogP contribution in [-0.4, -0.2) is 35.9 Å². The van der Waals surface area contributed by atoms with E-state index in [1.54, 1.807) is 6.20 Å². The second-order valence-electron chi connectivity index (χ2n) is 6.53. The van der Waals surface area contributed by atoms with Crippen molar-refractivity contribution in [3.05, 3.63) is 23.9 Å². The molecule has 1 aliphatic carbocycles. The van der Waals surface area contributed by atoms with Crippen LogP contribution in [-0.2, 0) is 0 Å². The van der Waals surface area contributed by atoms with Crippen LogP contribution in [0.25, 0.3) is 0 Å². The van der Waals surface area contributed by atoms with E-state index in [4.69, 9.17) is 0 Å². The lowest BCUT2D eigenvalue weighted by Gasteiger charge is -2.44. The topological polar surface area (TPSA) is 45.2 Å². The molecule has 3 rings (SSSR count). The first-order valence-corrected chi connectivity index (χ1v) is 8.16. The van der Waals surface area contributed by atoms with Crippen molar-refractivity contribution in [2.75, 3.05) is 25.5 Å². The van der Waals surface area contributed by atoms with Crippen molar-refractivity contribution in [3.8, 4) is 0 Å². The Balaban J connectivity index is 1.61. The molecule has 4 heteroatoms. The third kappa shape index (κ3) is 3.04. The van der Waals surface area contributed by atoms with E-state index in [-0.39, 0.29) is 5.91 Å². The predicted molar refractivity (Wildman–Crippen MR) is 84.4 cm³/mol. The van der Waals surface area contributed by atoms with Gasteiger partial charge in [0.15, 0.2) is 0 Å². The Hall–Kier alpha value is -1.58. The zero-order valence-electron chi connectivity index (χ0n) is 12.9. The summed E-state index contributed by atoms with van der Waals surface area (Å²) in [6, 6.07) is 3.73. The van der Waals surface area contributed by atoms with E-state index in [0.717, 1.165) is 18.9 Å². The van der Waals surface area contributed by atoms with Crippen molar-refractivity contribution in [2.24, 2.45) is 5.41 Å². The van der Waals surface area contributed by atoms with Crippen molar-refractivity contribution in [1.82, 2.24) is 9.88 Å². The molecule has 1 saturated heterocycles. The molecule has 1 spiro atoms. The molecule has 1 aromatic heterocycles. The normalized spacial score (nSPS) is 21.3. The zero-order chi connectivity index (χ0) is 14.7. The SMILES string of the molecule is CNc1ccc(C(=O)N2CCC3(CCCCC3)CC2)cn1. The first kappa shape index (κ1) is 14.4. The number of amides is 1. The molecular formula is C17H25N3O. The highest BCUT2D eigenvalue weighted by Gasteiger charge is 2.36. The molecule has 21 heavy (non-hydrogen) atoms. The molecule has 0 aromatic carbocycles. The molecule has 0 radical (unpaired) electrons. The summed E-state index contributed by atoms with van der Waals surface area (Å²) in [5.74, 6) is 0.933. The first-order valence-electron chi connectivity index (χ1n) is 8.16. The number of nitrogens with zero attached hydrogens (tertiary/aromatic N) is 2. The average Bonchev–Trinajstić information content (AvgIpc) is 2.56. The highest BCUT2D eigenvalue weighted by Crippen LogP contribution is 2.44. The van der Waals surface area contributed by atoms with E-state index in [0.29, 0.717) is 11.0 Å². The molecule has 2 fully saturated rings. The van der Waals surface area contributed by atoms with Gasteiger partial charge in [-0.15, -0.1) is 0 Å². The molecule has 1 N–H and O–H groups in total. The fourth-order valence-electron chi connectivity index (χ4n) is 3.84. The minimum absolute atomic E-state index is 0.135. The van der Waals surface area contributed by atoms with E-state index in [1.807, 2.05) is 24.1 Å². The largest absolute Gasteiger partial charge is 0.373 e. The van der Waals surface area contributed by atoms with Crippen molar-refractivity contribution in [2.45, 2.75) is 44.9 Å². The molecular weight excluding hydrogens is 262 g/mol. The lowest BCUT2D eigenvalue weighted by atomic mass is 9.68. The summed E-state index contributed by atoms with van der Waals surface area (Å²) < 4.78 is 0. The maximum atomic E-state index is 12.5. The van der Waals surface area contributed by atoms with Crippen LogP contribution in [0.4, 0.5) is 5.82 Å². The molecule has 0 unspecified atom stereocenters. The Morgan fingerprint density at radius 1 is 1.14 bits per heavy atom. The predicted octanol–water partition coefficient (Wildman–Crippen LogP) is 3.31. The maximum absolute atomic E-state index is 12.5. The summed E-state index contributed by atoms with van der Waals surface area (Å²) in [6.45, 7) is 1.82. The second kappa shape index (κ2) is 6.04. The van der Waals surface area contributed by atoms with Crippen molar-refractivity contribution < 1.29 is 4.79 Å². The number of anilines is 1. The van der Waals surface area contributed by atoms with Crippen LogP contribution in [0.5, 0.6) is 0 Å². The Morgan fingerprint density at radius 3 is 2.43 bits per heavy atom. The summed E-state index contributed by atoms with van der Waals surface area (Å²) in [7, 11) is 1.83. The zero-order valence-corrected chi connectivity index (χ0v) is 12.9. The van der Waals surface area contributed by atoms with Gasteiger partial charge in [-0.1, -0.05) is 19.3 Å². The number of piperidine rings is 1. The van der Waals surface area contributed by atoms with E-state index in [9.17, 15) is 4.79 Å². The van der Waals surface area contributed by atoms with Gasteiger partial charge < -0.3 is 10.2 Å². The molecule has 1 aromatic rings. The number of pyridine rings is 1. The molecule has 2 aliphatic rings. The van der Waals surface area contributed by atoms with Gasteiger partial charge in [-0.25, -0.2) is 4.98 Å². The molecule has 1 saturated carbocycles. The third-order valence-electron chi connectivity index (χ3n) is 5.29. The van der Waals surface area contributed by atoms with Gasteiger partial charge in [0, 0.05) is 26.3 Å². The Kier molecular flexibility index (Phi) is 4.13. The van der Waals surface area contributed by atoms with Crippen LogP contribution in [0.3, 0.4) is 0 Å². The number of aromatic nitrogens is 1. The summed E-state index contributed by atoms with van der Waals surface area (Å²) >= 11 is 0. The Labute approximate surface area is 126 Å². The van der Waals surface area contributed by atoms with Gasteiger partial charge in [0.2, 0.25) is 0 Å². The number of hydrogen-bond acceptors (Lipinski definition) is 3. The lowest BCUT2D eigenvalue weighted by Crippen LogP contribution is -2.43. The van der Waals surface area contributed by atoms with Gasteiger partial charge >= 0.3 is 0 Å². The fourth-order valence-corrected chi connectivity index (χ4v) is 3.84. The van der Waals surface area contributed by atoms with Gasteiger partial charge in [-0.3, -0.25) is 4.79 Å². The van der Waals surface area contributed by atoms with Crippen molar-refractivity contribution >= 4 is 11.7 Å². The summed E-state index contributed by atoms with van der Waals surface area (Å²) in [4.78, 5) is 18.8. The highest BCUT2D eigenvalue weighted by atomic mass is 16.2. The molecule has 1 aliphatic heterocycles. The van der Waals surface area contributed by atoms with E-state index < -0.39 is 0 Å². The highest BCUT2D eigenvalue weighted by molar-refractivity contribution is 5.94. The van der Waals surface area contributed by atoms with Crippen LogP contribution < -0.4 is 5.32 Å². The second-order valence-corrected chi connectivity index (χ2v) is 6.53. The molecule has 0 bridgehead atoms. The van der Waals surface area contributed by atoms with Crippen LogP contribution in [0, 0.1) is 5.41 Å². The lowest BCUT2D eigenvalue weighted by molar-refractivity contribution is 0.0471. The van der Waals surface area contributed by atoms with Crippen LogP contribution in [0.2, 0.25) is 0 Å². The van der Waals surface area contributed by atoms with E-state index in [1.165, 1.54) is 44.9 Å². The van der Waals surface area contributed by atoms with E-state index >= 15 is 0 Å². The molecule has 4 nitrogen and oxygen atoms in total. The molecule has 1 amide bonds. The van der Waals surface area contributed by atoms with Crippen LogP contribution >= 0.6 is 0 Å². The van der Waals surface area contributed by atoms with Crippen molar-refractivity contribution in [3.63, 3.8) is 0 Å². The van der Waals surface area contributed by atoms with Gasteiger partial charge in [0.05, 0.1) is 5.56 Å². The molecule has 2 heterocycles. The minimum atomic E-state index is 0.135. The van der Waals surface area contributed by atoms with E-state index in [2.05, 4.69) is 10.3 Å². The van der Waals surface area contributed by atoms with Gasteiger partial charge in [0.1, 0.15) is 5.82 Å². The number of carbonyl (C=O) groups excluding carboxylic acids is 1. The maximum Gasteiger partial charge on any atom is 0.255 e. The number of nitrogens with one attached hydrogen (secondary N) is 1. The fraction of sp³-hybridized carbons (Fsp3) is 0.647. The average molecular weight is 287 g/mol. The number of carbonyl (C=O) groups is 1.